The molecular weight excluding hydrogens is 248 g/mol. The van der Waals surface area contributed by atoms with Gasteiger partial charge in [-0.25, -0.2) is 0 Å². The van der Waals surface area contributed by atoms with Crippen LogP contribution in [0.15, 0.2) is 35.1 Å². The van der Waals surface area contributed by atoms with Gasteiger partial charge in [-0.1, -0.05) is 5.16 Å². The topological polar surface area (TPSA) is 100 Å². The van der Waals surface area contributed by atoms with Crippen LogP contribution in [0.1, 0.15) is 11.8 Å². The zero-order valence-electron chi connectivity index (χ0n) is 10.3. The molecular formula is C12H14N4O3. The number of aliphatic hydroxyl groups excluding tert-OH is 1. The van der Waals surface area contributed by atoms with Crippen molar-refractivity contribution in [2.75, 3.05) is 13.8 Å². The molecule has 0 aromatic carbocycles. The number of likely N-dealkylation sites (N-methyl/N-ethyl adjacent to an activating group) is 1. The summed E-state index contributed by atoms with van der Waals surface area (Å²) in [6.07, 6.45) is 3.30. The molecule has 0 aliphatic heterocycles. The first kappa shape index (κ1) is 13.2. The molecule has 0 fully saturated rings. The summed E-state index contributed by atoms with van der Waals surface area (Å²) in [6.45, 7) is -0.428. The first-order valence-electron chi connectivity index (χ1n) is 5.69. The summed E-state index contributed by atoms with van der Waals surface area (Å²) in [5, 5.41) is 17.7. The lowest BCUT2D eigenvalue weighted by Crippen LogP contribution is -2.36. The van der Waals surface area contributed by atoms with E-state index in [4.69, 9.17) is 9.63 Å². The van der Waals surface area contributed by atoms with Gasteiger partial charge in [-0.3, -0.25) is 9.78 Å². The predicted octanol–water partition coefficient (Wildman–Crippen LogP) is 0.0631. The third-order valence-electron chi connectivity index (χ3n) is 2.59. The molecule has 0 aliphatic rings. The molecule has 7 heteroatoms. The normalized spacial score (nSPS) is 12.1. The number of aromatic nitrogens is 2. The van der Waals surface area contributed by atoms with E-state index in [1.807, 2.05) is 0 Å². The Balaban J connectivity index is 2.22. The summed E-state index contributed by atoms with van der Waals surface area (Å²) < 4.78 is 5.16. The van der Waals surface area contributed by atoms with E-state index in [9.17, 15) is 4.79 Å². The summed E-state index contributed by atoms with van der Waals surface area (Å²) in [5.41, 5.74) is 1.47. The molecule has 0 aliphatic carbocycles. The molecule has 2 aromatic heterocycles. The van der Waals surface area contributed by atoms with E-state index in [1.165, 1.54) is 0 Å². The van der Waals surface area contributed by atoms with E-state index in [0.717, 1.165) is 5.56 Å². The number of aliphatic hydroxyl groups is 1. The van der Waals surface area contributed by atoms with Crippen LogP contribution in [-0.4, -0.2) is 34.9 Å². The predicted molar refractivity (Wildman–Crippen MR) is 66.8 cm³/mol. The van der Waals surface area contributed by atoms with Crippen LogP contribution >= 0.6 is 0 Å². The maximum absolute atomic E-state index is 11.7. The van der Waals surface area contributed by atoms with E-state index in [-0.39, 0.29) is 5.91 Å². The molecule has 7 nitrogen and oxygen atoms in total. The Labute approximate surface area is 109 Å². The van der Waals surface area contributed by atoms with E-state index in [1.54, 1.807) is 37.6 Å². The minimum absolute atomic E-state index is 0.375. The second kappa shape index (κ2) is 6.07. The number of carbonyl (C=O) groups is 1. The van der Waals surface area contributed by atoms with Gasteiger partial charge in [-0.15, -0.1) is 0 Å². The molecule has 0 saturated carbocycles. The fourth-order valence-electron chi connectivity index (χ4n) is 1.67. The van der Waals surface area contributed by atoms with E-state index in [2.05, 4.69) is 20.8 Å². The molecule has 3 N–H and O–H groups in total. The Bertz CT molecular complexity index is 541. The molecule has 100 valence electrons. The molecule has 0 radical (unpaired) electrons. The molecule has 2 aromatic rings. The molecule has 0 bridgehead atoms. The fourth-order valence-corrected chi connectivity index (χ4v) is 1.67. The number of hydrogen-bond donors (Lipinski definition) is 3. The van der Waals surface area contributed by atoms with Crippen molar-refractivity contribution in [3.05, 3.63) is 36.4 Å². The van der Waals surface area contributed by atoms with Crippen LogP contribution in [0.2, 0.25) is 0 Å². The number of nitrogens with zero attached hydrogens (tertiary/aromatic N) is 2. The highest BCUT2D eigenvalue weighted by Gasteiger charge is 2.23. The zero-order chi connectivity index (χ0) is 13.7. The van der Waals surface area contributed by atoms with Crippen molar-refractivity contribution in [3.63, 3.8) is 0 Å². The summed E-state index contributed by atoms with van der Waals surface area (Å²) in [7, 11) is 1.62. The Hall–Kier alpha value is -2.25. The molecule has 2 rings (SSSR count). The van der Waals surface area contributed by atoms with E-state index in [0.29, 0.717) is 11.5 Å². The molecule has 1 unspecified atom stereocenters. The van der Waals surface area contributed by atoms with Gasteiger partial charge in [0.05, 0.1) is 0 Å². The second-order valence-corrected chi connectivity index (χ2v) is 3.77. The standard InChI is InChI=1S/C12H14N4O3/c1-13-11(12(18)15-7-17)10-6-9(16-19-10)8-2-4-14-5-3-8/h2-6,11,13,17H,7H2,1H3,(H,15,18). The van der Waals surface area contributed by atoms with Crippen molar-refractivity contribution in [3.8, 4) is 11.3 Å². The van der Waals surface area contributed by atoms with Crippen molar-refractivity contribution < 1.29 is 14.4 Å². The van der Waals surface area contributed by atoms with Gasteiger partial charge < -0.3 is 20.3 Å². The minimum Gasteiger partial charge on any atom is -0.376 e. The lowest BCUT2D eigenvalue weighted by Gasteiger charge is -2.11. The van der Waals surface area contributed by atoms with Crippen LogP contribution in [0.3, 0.4) is 0 Å². The quantitative estimate of drug-likeness (QED) is 0.659. The Morgan fingerprint density at radius 1 is 1.47 bits per heavy atom. The van der Waals surface area contributed by atoms with Crippen molar-refractivity contribution in [2.45, 2.75) is 6.04 Å². The molecule has 1 atom stereocenters. The number of rotatable bonds is 5. The first-order chi connectivity index (χ1) is 9.26. The molecule has 1 amide bonds. The SMILES string of the molecule is CNC(C(=O)NCO)c1cc(-c2ccncc2)no1. The highest BCUT2D eigenvalue weighted by Crippen LogP contribution is 2.21. The van der Waals surface area contributed by atoms with E-state index >= 15 is 0 Å². The summed E-state index contributed by atoms with van der Waals surface area (Å²) >= 11 is 0. The van der Waals surface area contributed by atoms with Gasteiger partial charge in [0.1, 0.15) is 18.5 Å². The lowest BCUT2D eigenvalue weighted by atomic mass is 10.1. The number of nitrogens with one attached hydrogen (secondary N) is 2. The number of pyridine rings is 1. The summed E-state index contributed by atoms with van der Waals surface area (Å²) in [4.78, 5) is 15.6. The maximum atomic E-state index is 11.7. The summed E-state index contributed by atoms with van der Waals surface area (Å²) in [6, 6.07) is 4.57. The Kier molecular flexibility index (Phi) is 4.22. The third-order valence-corrected chi connectivity index (χ3v) is 2.59. The van der Waals surface area contributed by atoms with Crippen molar-refractivity contribution in [2.24, 2.45) is 0 Å². The second-order valence-electron chi connectivity index (χ2n) is 3.77. The minimum atomic E-state index is -0.699. The Morgan fingerprint density at radius 3 is 2.84 bits per heavy atom. The smallest absolute Gasteiger partial charge is 0.246 e. The molecule has 0 spiro atoms. The van der Waals surface area contributed by atoms with Gasteiger partial charge in [-0.05, 0) is 19.2 Å². The monoisotopic (exact) mass is 262 g/mol. The van der Waals surface area contributed by atoms with Crippen molar-refractivity contribution in [1.29, 1.82) is 0 Å². The van der Waals surface area contributed by atoms with Crippen molar-refractivity contribution in [1.82, 2.24) is 20.8 Å². The third kappa shape index (κ3) is 2.95. The maximum Gasteiger partial charge on any atom is 0.246 e. The number of carbonyl (C=O) groups excluding carboxylic acids is 1. The molecule has 19 heavy (non-hydrogen) atoms. The van der Waals surface area contributed by atoms with Crippen LogP contribution in [0, 0.1) is 0 Å². The van der Waals surface area contributed by atoms with Gasteiger partial charge in [0.15, 0.2) is 5.76 Å². The highest BCUT2D eigenvalue weighted by atomic mass is 16.5. The fraction of sp³-hybridized carbons (Fsp3) is 0.250. The average Bonchev–Trinajstić information content (AvgIpc) is 2.90. The molecule has 0 saturated heterocycles. The van der Waals surface area contributed by atoms with Crippen molar-refractivity contribution >= 4 is 5.91 Å². The van der Waals surface area contributed by atoms with Crippen LogP contribution in [-0.2, 0) is 4.79 Å². The molecule has 2 heterocycles. The largest absolute Gasteiger partial charge is 0.376 e. The Morgan fingerprint density at radius 2 is 2.21 bits per heavy atom. The van der Waals surface area contributed by atoms with Gasteiger partial charge in [0.2, 0.25) is 5.91 Å². The van der Waals surface area contributed by atoms with Crippen LogP contribution < -0.4 is 10.6 Å². The van der Waals surface area contributed by atoms with E-state index < -0.39 is 12.8 Å². The number of hydrogen-bond acceptors (Lipinski definition) is 6. The lowest BCUT2D eigenvalue weighted by molar-refractivity contribution is -0.124. The average molecular weight is 262 g/mol. The van der Waals surface area contributed by atoms with Gasteiger partial charge >= 0.3 is 0 Å². The zero-order valence-corrected chi connectivity index (χ0v) is 10.3. The van der Waals surface area contributed by atoms with Gasteiger partial charge in [-0.2, -0.15) is 0 Å². The van der Waals surface area contributed by atoms with Gasteiger partial charge in [0.25, 0.3) is 0 Å². The van der Waals surface area contributed by atoms with Crippen LogP contribution in [0.25, 0.3) is 11.3 Å². The summed E-state index contributed by atoms with van der Waals surface area (Å²) in [5.74, 6) is -0.0114. The highest BCUT2D eigenvalue weighted by molar-refractivity contribution is 5.82. The van der Waals surface area contributed by atoms with Crippen LogP contribution in [0.5, 0.6) is 0 Å². The number of amides is 1. The first-order valence-corrected chi connectivity index (χ1v) is 5.69. The van der Waals surface area contributed by atoms with Crippen LogP contribution in [0.4, 0.5) is 0 Å². The van der Waals surface area contributed by atoms with Gasteiger partial charge in [0, 0.05) is 24.0 Å².